The molecule has 6 heteroatoms. The van der Waals surface area contributed by atoms with Crippen LogP contribution in [-0.4, -0.2) is 36.0 Å². The van der Waals surface area contributed by atoms with E-state index in [0.717, 1.165) is 25.7 Å². The van der Waals surface area contributed by atoms with E-state index >= 15 is 0 Å². The Morgan fingerprint density at radius 1 is 0.550 bits per heavy atom. The van der Waals surface area contributed by atoms with Crippen LogP contribution in [0.25, 0.3) is 0 Å². The minimum Gasteiger partial charge on any atom is -0.310 e. The van der Waals surface area contributed by atoms with E-state index in [4.69, 9.17) is 21.0 Å². The van der Waals surface area contributed by atoms with Gasteiger partial charge in [-0.05, 0) is 12.8 Å². The fourth-order valence-electron chi connectivity index (χ4n) is 1.75. The summed E-state index contributed by atoms with van der Waals surface area (Å²) >= 11 is 0. The summed E-state index contributed by atoms with van der Waals surface area (Å²) in [5, 5.41) is 34.6. The standard InChI is InChI=1S/C14H20N6/c15-7-5-11-19(13-17)9-3-1-2-4-10-20(14-18)12-6-8-16/h1-6,9-12H2. The molecular formula is C14H20N6. The summed E-state index contributed by atoms with van der Waals surface area (Å²) in [5.41, 5.74) is 0. The number of nitrogens with zero attached hydrogens (tertiary/aromatic N) is 6. The zero-order valence-electron chi connectivity index (χ0n) is 11.8. The molecule has 0 saturated heterocycles. The molecule has 0 fully saturated rings. The summed E-state index contributed by atoms with van der Waals surface area (Å²) in [6, 6.07) is 4.05. The molecule has 0 saturated carbocycles. The molecule has 0 aliphatic heterocycles. The van der Waals surface area contributed by atoms with Gasteiger partial charge >= 0.3 is 0 Å². The van der Waals surface area contributed by atoms with Crippen LogP contribution in [0.4, 0.5) is 0 Å². The normalized spacial score (nSPS) is 8.80. The summed E-state index contributed by atoms with van der Waals surface area (Å²) in [6.45, 7) is 2.38. The number of rotatable bonds is 11. The van der Waals surface area contributed by atoms with Gasteiger partial charge in [-0.25, -0.2) is 0 Å². The molecular weight excluding hydrogens is 252 g/mol. The Morgan fingerprint density at radius 3 is 1.25 bits per heavy atom. The van der Waals surface area contributed by atoms with Crippen molar-refractivity contribution in [3.05, 3.63) is 0 Å². The van der Waals surface area contributed by atoms with E-state index in [1.165, 1.54) is 0 Å². The number of nitriles is 4. The Balaban J connectivity index is 3.57. The third kappa shape index (κ3) is 9.58. The lowest BCUT2D eigenvalue weighted by Crippen LogP contribution is -2.21. The first-order valence-corrected chi connectivity index (χ1v) is 6.81. The maximum absolute atomic E-state index is 8.84. The zero-order valence-corrected chi connectivity index (χ0v) is 11.8. The summed E-state index contributed by atoms with van der Waals surface area (Å²) in [5.74, 6) is 0. The van der Waals surface area contributed by atoms with E-state index in [9.17, 15) is 0 Å². The molecule has 0 bridgehead atoms. The van der Waals surface area contributed by atoms with Crippen molar-refractivity contribution in [2.45, 2.75) is 38.5 Å². The first-order chi connectivity index (χ1) is 9.78. The minimum atomic E-state index is 0.379. The number of hydrogen-bond acceptors (Lipinski definition) is 6. The molecule has 0 atom stereocenters. The minimum absolute atomic E-state index is 0.379. The zero-order chi connectivity index (χ0) is 15.1. The van der Waals surface area contributed by atoms with Crippen LogP contribution < -0.4 is 0 Å². The Kier molecular flexibility index (Phi) is 11.4. The van der Waals surface area contributed by atoms with Crippen molar-refractivity contribution >= 4 is 0 Å². The Morgan fingerprint density at radius 2 is 0.950 bits per heavy atom. The molecule has 0 spiro atoms. The highest BCUT2D eigenvalue weighted by Crippen LogP contribution is 2.03. The van der Waals surface area contributed by atoms with Crippen LogP contribution in [0, 0.1) is 45.6 Å². The topological polar surface area (TPSA) is 102 Å². The lowest BCUT2D eigenvalue weighted by molar-refractivity contribution is 0.365. The second-order valence-electron chi connectivity index (χ2n) is 4.40. The smallest absolute Gasteiger partial charge is 0.179 e. The molecule has 0 unspecified atom stereocenters. The molecule has 6 nitrogen and oxygen atoms in total. The maximum Gasteiger partial charge on any atom is 0.179 e. The predicted octanol–water partition coefficient (Wildman–Crippen LogP) is 1.94. The van der Waals surface area contributed by atoms with E-state index in [1.54, 1.807) is 9.80 Å². The third-order valence-electron chi connectivity index (χ3n) is 2.88. The van der Waals surface area contributed by atoms with Gasteiger partial charge in [-0.2, -0.15) is 21.0 Å². The third-order valence-corrected chi connectivity index (χ3v) is 2.88. The Labute approximate surface area is 121 Å². The summed E-state index contributed by atoms with van der Waals surface area (Å²) in [6.07, 6.45) is 8.76. The van der Waals surface area contributed by atoms with Gasteiger partial charge in [-0.3, -0.25) is 0 Å². The highest BCUT2D eigenvalue weighted by molar-refractivity contribution is 4.80. The molecule has 106 valence electrons. The van der Waals surface area contributed by atoms with Crippen molar-refractivity contribution in [2.75, 3.05) is 26.2 Å². The Hall–Kier alpha value is -2.44. The lowest BCUT2D eigenvalue weighted by Gasteiger charge is -2.14. The quantitative estimate of drug-likeness (QED) is 0.323. The van der Waals surface area contributed by atoms with E-state index in [1.807, 2.05) is 12.1 Å². The molecule has 0 aliphatic carbocycles. The molecule has 0 aromatic carbocycles. The molecule has 0 heterocycles. The van der Waals surface area contributed by atoms with Gasteiger partial charge in [0, 0.05) is 26.2 Å². The van der Waals surface area contributed by atoms with E-state index < -0.39 is 0 Å². The van der Waals surface area contributed by atoms with Gasteiger partial charge in [-0.15, -0.1) is 0 Å². The van der Waals surface area contributed by atoms with E-state index in [0.29, 0.717) is 39.0 Å². The van der Waals surface area contributed by atoms with Gasteiger partial charge in [0.2, 0.25) is 0 Å². The fourth-order valence-corrected chi connectivity index (χ4v) is 1.75. The first-order valence-electron chi connectivity index (χ1n) is 6.81. The monoisotopic (exact) mass is 272 g/mol. The van der Waals surface area contributed by atoms with Gasteiger partial charge in [0.05, 0.1) is 25.0 Å². The van der Waals surface area contributed by atoms with Crippen LogP contribution in [0.3, 0.4) is 0 Å². The number of hydrogen-bond donors (Lipinski definition) is 0. The maximum atomic E-state index is 8.84. The highest BCUT2D eigenvalue weighted by Gasteiger charge is 2.02. The van der Waals surface area contributed by atoms with E-state index in [2.05, 4.69) is 12.4 Å². The van der Waals surface area contributed by atoms with E-state index in [-0.39, 0.29) is 0 Å². The highest BCUT2D eigenvalue weighted by atomic mass is 15.1. The molecule has 0 amide bonds. The molecule has 0 rings (SSSR count). The summed E-state index contributed by atoms with van der Waals surface area (Å²) in [4.78, 5) is 3.22. The molecule has 0 N–H and O–H groups in total. The van der Waals surface area contributed by atoms with Crippen molar-refractivity contribution < 1.29 is 0 Å². The number of unbranched alkanes of at least 4 members (excludes halogenated alkanes) is 3. The molecule has 20 heavy (non-hydrogen) atoms. The van der Waals surface area contributed by atoms with Crippen molar-refractivity contribution in [2.24, 2.45) is 0 Å². The SMILES string of the molecule is N#CCCN(C#N)CCCCCCN(C#N)CCC#N. The first kappa shape index (κ1) is 17.6. The Bertz CT molecular complexity index is 365. The average Bonchev–Trinajstić information content (AvgIpc) is 2.48. The summed E-state index contributed by atoms with van der Waals surface area (Å²) < 4.78 is 0. The van der Waals surface area contributed by atoms with Gasteiger partial charge in [-0.1, -0.05) is 12.8 Å². The van der Waals surface area contributed by atoms with Crippen LogP contribution >= 0.6 is 0 Å². The molecule has 0 aromatic rings. The van der Waals surface area contributed by atoms with Crippen LogP contribution in [0.1, 0.15) is 38.5 Å². The van der Waals surface area contributed by atoms with Crippen LogP contribution in [0.2, 0.25) is 0 Å². The lowest BCUT2D eigenvalue weighted by atomic mass is 10.2. The van der Waals surface area contributed by atoms with Crippen LogP contribution in [0.15, 0.2) is 0 Å². The van der Waals surface area contributed by atoms with Gasteiger partial charge < -0.3 is 9.80 Å². The van der Waals surface area contributed by atoms with Crippen LogP contribution in [0.5, 0.6) is 0 Å². The largest absolute Gasteiger partial charge is 0.310 e. The van der Waals surface area contributed by atoms with Gasteiger partial charge in [0.1, 0.15) is 0 Å². The second kappa shape index (κ2) is 13.0. The molecule has 0 radical (unpaired) electrons. The van der Waals surface area contributed by atoms with Crippen molar-refractivity contribution in [3.8, 4) is 24.5 Å². The van der Waals surface area contributed by atoms with Crippen molar-refractivity contribution in [3.63, 3.8) is 0 Å². The van der Waals surface area contributed by atoms with Gasteiger partial charge in [0.25, 0.3) is 0 Å². The molecule has 0 aromatic heterocycles. The van der Waals surface area contributed by atoms with Gasteiger partial charge in [0.15, 0.2) is 12.4 Å². The average molecular weight is 272 g/mol. The fraction of sp³-hybridized carbons (Fsp3) is 0.714. The summed E-state index contributed by atoms with van der Waals surface area (Å²) in [7, 11) is 0. The van der Waals surface area contributed by atoms with Crippen molar-refractivity contribution in [1.82, 2.24) is 9.80 Å². The predicted molar refractivity (Wildman–Crippen MR) is 73.3 cm³/mol. The van der Waals surface area contributed by atoms with Crippen LogP contribution in [-0.2, 0) is 0 Å². The van der Waals surface area contributed by atoms with Crippen molar-refractivity contribution in [1.29, 1.82) is 21.0 Å². The molecule has 0 aliphatic rings. The second-order valence-corrected chi connectivity index (χ2v) is 4.40.